The molecular weight excluding hydrogens is 286 g/mol. The van der Waals surface area contributed by atoms with Crippen LogP contribution in [0.2, 0.25) is 5.02 Å². The molecule has 19 heavy (non-hydrogen) atoms. The van der Waals surface area contributed by atoms with Gasteiger partial charge in [-0.15, -0.1) is 0 Å². The number of halogens is 1. The van der Waals surface area contributed by atoms with E-state index in [-0.39, 0.29) is 16.5 Å². The first-order valence-corrected chi connectivity index (χ1v) is 8.05. The smallest absolute Gasteiger partial charge is 0.241 e. The van der Waals surface area contributed by atoms with Crippen molar-refractivity contribution in [1.29, 1.82) is 0 Å². The third kappa shape index (κ3) is 3.28. The average Bonchev–Trinajstić information content (AvgIpc) is 3.11. The van der Waals surface area contributed by atoms with Crippen LogP contribution in [0.4, 0.5) is 0 Å². The highest BCUT2D eigenvalue weighted by Gasteiger charge is 2.40. The summed E-state index contributed by atoms with van der Waals surface area (Å²) >= 11 is 5.93. The molecule has 2 N–H and O–H groups in total. The monoisotopic (exact) mass is 303 g/mol. The van der Waals surface area contributed by atoms with E-state index in [1.54, 1.807) is 0 Å². The summed E-state index contributed by atoms with van der Waals surface area (Å²) in [6.45, 7) is 3.58. The van der Waals surface area contributed by atoms with Gasteiger partial charge in [-0.3, -0.25) is 0 Å². The lowest BCUT2D eigenvalue weighted by Gasteiger charge is -2.25. The van der Waals surface area contributed by atoms with Crippen LogP contribution in [0.3, 0.4) is 0 Å². The van der Waals surface area contributed by atoms with Gasteiger partial charge < -0.3 is 5.11 Å². The second-order valence-electron chi connectivity index (χ2n) is 5.51. The summed E-state index contributed by atoms with van der Waals surface area (Å²) in [5.74, 6) is 0.398. The molecule has 1 aliphatic rings. The van der Waals surface area contributed by atoms with Gasteiger partial charge in [0.2, 0.25) is 10.0 Å². The molecule has 0 aliphatic heterocycles. The van der Waals surface area contributed by atoms with Crippen molar-refractivity contribution in [3.05, 3.63) is 28.8 Å². The van der Waals surface area contributed by atoms with Gasteiger partial charge in [0, 0.05) is 10.6 Å². The summed E-state index contributed by atoms with van der Waals surface area (Å²) in [6, 6.07) is 4.36. The Bertz CT molecular complexity index is 580. The van der Waals surface area contributed by atoms with Crippen LogP contribution in [0.5, 0.6) is 0 Å². The molecule has 1 fully saturated rings. The zero-order chi connectivity index (χ0) is 14.3. The minimum absolute atomic E-state index is 0.128. The van der Waals surface area contributed by atoms with Gasteiger partial charge in [0.05, 0.1) is 11.5 Å². The first-order chi connectivity index (χ1) is 8.76. The topological polar surface area (TPSA) is 66.4 Å². The Labute approximate surface area is 118 Å². The lowest BCUT2D eigenvalue weighted by atomic mass is 10.0. The van der Waals surface area contributed by atoms with Crippen molar-refractivity contribution in [2.24, 2.45) is 5.92 Å². The number of sulfonamides is 1. The molecule has 6 heteroatoms. The van der Waals surface area contributed by atoms with Crippen LogP contribution >= 0.6 is 11.6 Å². The van der Waals surface area contributed by atoms with Gasteiger partial charge in [0.1, 0.15) is 0 Å². The number of nitrogens with one attached hydrogen (secondary N) is 1. The summed E-state index contributed by atoms with van der Waals surface area (Å²) in [5.41, 5.74) is 0.0723. The molecule has 1 aromatic carbocycles. The zero-order valence-corrected chi connectivity index (χ0v) is 12.6. The molecule has 1 aliphatic carbocycles. The van der Waals surface area contributed by atoms with Gasteiger partial charge in [-0.05, 0) is 50.3 Å². The summed E-state index contributed by atoms with van der Waals surface area (Å²) < 4.78 is 27.3. The summed E-state index contributed by atoms with van der Waals surface area (Å²) in [4.78, 5) is 0.128. The Morgan fingerprint density at radius 2 is 2.05 bits per heavy atom. The fourth-order valence-corrected chi connectivity index (χ4v) is 3.92. The minimum atomic E-state index is -3.59. The maximum Gasteiger partial charge on any atom is 0.241 e. The highest BCUT2D eigenvalue weighted by atomic mass is 35.5. The number of benzene rings is 1. The quantitative estimate of drug-likeness (QED) is 0.877. The molecule has 0 unspecified atom stereocenters. The van der Waals surface area contributed by atoms with Gasteiger partial charge in [-0.1, -0.05) is 17.7 Å². The van der Waals surface area contributed by atoms with E-state index >= 15 is 0 Å². The lowest BCUT2D eigenvalue weighted by Crippen LogP contribution is -2.45. The van der Waals surface area contributed by atoms with Crippen LogP contribution in [0, 0.1) is 5.92 Å². The maximum absolute atomic E-state index is 12.3. The third-order valence-corrected chi connectivity index (χ3v) is 5.52. The van der Waals surface area contributed by atoms with Crippen molar-refractivity contribution in [2.45, 2.75) is 43.7 Å². The van der Waals surface area contributed by atoms with Crippen molar-refractivity contribution in [1.82, 2.24) is 4.72 Å². The highest BCUT2D eigenvalue weighted by Crippen LogP contribution is 2.40. The summed E-state index contributed by atoms with van der Waals surface area (Å²) in [6.07, 6.45) is 2.11. The molecule has 0 spiro atoms. The largest absolute Gasteiger partial charge is 0.392 e. The number of hydrogen-bond donors (Lipinski definition) is 2. The molecule has 2 rings (SSSR count). The molecule has 4 nitrogen and oxygen atoms in total. The van der Waals surface area contributed by atoms with Gasteiger partial charge >= 0.3 is 0 Å². The number of aliphatic hydroxyl groups is 1. The van der Waals surface area contributed by atoms with Crippen molar-refractivity contribution in [3.8, 4) is 0 Å². The molecular formula is C13H18ClNO3S. The van der Waals surface area contributed by atoms with Crippen LogP contribution < -0.4 is 4.72 Å². The number of rotatable bonds is 5. The first kappa shape index (κ1) is 14.8. The molecule has 0 atom stereocenters. The van der Waals surface area contributed by atoms with Gasteiger partial charge in [0.15, 0.2) is 0 Å². The molecule has 0 saturated heterocycles. The fourth-order valence-electron chi connectivity index (χ4n) is 2.12. The van der Waals surface area contributed by atoms with E-state index in [1.165, 1.54) is 18.2 Å². The second kappa shape index (κ2) is 5.05. The predicted molar refractivity (Wildman–Crippen MR) is 74.5 cm³/mol. The Kier molecular flexibility index (Phi) is 3.93. The van der Waals surface area contributed by atoms with Crippen LogP contribution in [0.25, 0.3) is 0 Å². The fraction of sp³-hybridized carbons (Fsp3) is 0.538. The molecule has 0 amide bonds. The molecule has 106 valence electrons. The Balaban J connectivity index is 2.26. The van der Waals surface area contributed by atoms with Gasteiger partial charge in [-0.2, -0.15) is 0 Å². The first-order valence-electron chi connectivity index (χ1n) is 6.19. The minimum Gasteiger partial charge on any atom is -0.392 e. The molecule has 1 saturated carbocycles. The van der Waals surface area contributed by atoms with Gasteiger partial charge in [-0.25, -0.2) is 13.1 Å². The third-order valence-electron chi connectivity index (χ3n) is 3.50. The molecule has 0 aromatic heterocycles. The maximum atomic E-state index is 12.3. The van der Waals surface area contributed by atoms with Crippen LogP contribution in [0.1, 0.15) is 32.3 Å². The Hall–Kier alpha value is -0.620. The number of hydrogen-bond acceptors (Lipinski definition) is 3. The molecule has 0 heterocycles. The Morgan fingerprint density at radius 3 is 2.53 bits per heavy atom. The average molecular weight is 304 g/mol. The second-order valence-corrected chi connectivity index (χ2v) is 7.60. The Morgan fingerprint density at radius 1 is 1.42 bits per heavy atom. The van der Waals surface area contributed by atoms with Crippen molar-refractivity contribution < 1.29 is 13.5 Å². The summed E-state index contributed by atoms with van der Waals surface area (Å²) in [7, 11) is -3.59. The van der Waals surface area contributed by atoms with E-state index in [0.29, 0.717) is 11.5 Å². The highest BCUT2D eigenvalue weighted by molar-refractivity contribution is 7.89. The van der Waals surface area contributed by atoms with Crippen molar-refractivity contribution in [3.63, 3.8) is 0 Å². The van der Waals surface area contributed by atoms with E-state index in [9.17, 15) is 8.42 Å². The lowest BCUT2D eigenvalue weighted by molar-refractivity contribution is 0.282. The summed E-state index contributed by atoms with van der Waals surface area (Å²) in [5, 5.41) is 9.29. The molecule has 0 bridgehead atoms. The SMILES string of the molecule is CC(C)(NS(=O)(=O)c1ccc(CO)c(Cl)c1)C1CC1. The normalized spacial score (nSPS) is 16.6. The van der Waals surface area contributed by atoms with E-state index in [1.807, 2.05) is 13.8 Å². The predicted octanol–water partition coefficient (Wildman–Crippen LogP) is 2.30. The van der Waals surface area contributed by atoms with E-state index in [2.05, 4.69) is 4.72 Å². The van der Waals surface area contributed by atoms with E-state index in [0.717, 1.165) is 12.8 Å². The van der Waals surface area contributed by atoms with Crippen LogP contribution in [-0.4, -0.2) is 19.1 Å². The molecule has 1 aromatic rings. The standard InChI is InChI=1S/C13H18ClNO3S/c1-13(2,10-4-5-10)15-19(17,18)11-6-3-9(8-16)12(14)7-11/h3,6-7,10,15-16H,4-5,8H2,1-2H3. The van der Waals surface area contributed by atoms with Crippen LogP contribution in [0.15, 0.2) is 23.1 Å². The van der Waals surface area contributed by atoms with Crippen LogP contribution in [-0.2, 0) is 16.6 Å². The van der Waals surface area contributed by atoms with Crippen molar-refractivity contribution in [2.75, 3.05) is 0 Å². The van der Waals surface area contributed by atoms with E-state index < -0.39 is 15.6 Å². The molecule has 0 radical (unpaired) electrons. The van der Waals surface area contributed by atoms with Gasteiger partial charge in [0.25, 0.3) is 0 Å². The zero-order valence-electron chi connectivity index (χ0n) is 11.0. The number of aliphatic hydroxyl groups excluding tert-OH is 1. The van der Waals surface area contributed by atoms with E-state index in [4.69, 9.17) is 16.7 Å². The van der Waals surface area contributed by atoms with Crippen molar-refractivity contribution >= 4 is 21.6 Å².